The molecule has 0 spiro atoms. The summed E-state index contributed by atoms with van der Waals surface area (Å²) >= 11 is 0. The maximum atomic E-state index is 12.7. The van der Waals surface area contributed by atoms with Crippen LogP contribution >= 0.6 is 0 Å². The molecular weight excluding hydrogens is 278 g/mol. The minimum atomic E-state index is -0.353. The number of carbonyl (C=O) groups is 2. The van der Waals surface area contributed by atoms with Gasteiger partial charge in [-0.3, -0.25) is 14.5 Å². The molecule has 0 N–H and O–H groups in total. The average Bonchev–Trinajstić information content (AvgIpc) is 3.04. The van der Waals surface area contributed by atoms with Crippen molar-refractivity contribution in [2.75, 3.05) is 7.11 Å². The van der Waals surface area contributed by atoms with Crippen LogP contribution in [0.2, 0.25) is 0 Å². The summed E-state index contributed by atoms with van der Waals surface area (Å²) in [5.41, 5.74) is 3.10. The molecule has 2 amide bonds. The summed E-state index contributed by atoms with van der Waals surface area (Å²) < 4.78 is 5.57. The Balaban J connectivity index is 1.82. The van der Waals surface area contributed by atoms with Crippen LogP contribution in [0.4, 0.5) is 0 Å². The minimum Gasteiger partial charge on any atom is -0.379 e. The van der Waals surface area contributed by atoms with Crippen molar-refractivity contribution in [2.45, 2.75) is 18.6 Å². The largest absolute Gasteiger partial charge is 0.379 e. The Labute approximate surface area is 128 Å². The number of nitrogens with zero attached hydrogens (tertiary/aromatic N) is 1. The van der Waals surface area contributed by atoms with Crippen LogP contribution in [0.25, 0.3) is 0 Å². The second-order valence-corrected chi connectivity index (χ2v) is 5.65. The van der Waals surface area contributed by atoms with E-state index < -0.39 is 0 Å². The quantitative estimate of drug-likeness (QED) is 0.800. The summed E-state index contributed by atoms with van der Waals surface area (Å²) in [4.78, 5) is 26.8. The van der Waals surface area contributed by atoms with E-state index in [1.165, 1.54) is 4.90 Å². The van der Waals surface area contributed by atoms with E-state index in [1.54, 1.807) is 31.4 Å². The molecule has 0 aromatic heterocycles. The zero-order valence-corrected chi connectivity index (χ0v) is 12.2. The molecule has 0 bridgehead atoms. The number of ether oxygens (including phenoxy) is 1. The molecule has 110 valence electrons. The summed E-state index contributed by atoms with van der Waals surface area (Å²) in [6.07, 6.45) is 0.518. The summed E-state index contributed by atoms with van der Waals surface area (Å²) in [7, 11) is 1.63. The van der Waals surface area contributed by atoms with Crippen molar-refractivity contribution in [3.05, 3.63) is 70.8 Å². The number of hydrogen-bond acceptors (Lipinski definition) is 3. The fraction of sp³-hybridized carbons (Fsp3) is 0.222. The highest BCUT2D eigenvalue weighted by atomic mass is 16.5. The molecule has 2 aromatic carbocycles. The number of hydrogen-bond donors (Lipinski definition) is 0. The Morgan fingerprint density at radius 1 is 0.955 bits per heavy atom. The summed E-state index contributed by atoms with van der Waals surface area (Å²) in [5.74, 6) is -0.464. The zero-order valence-electron chi connectivity index (χ0n) is 12.2. The van der Waals surface area contributed by atoms with Crippen LogP contribution in [0.1, 0.15) is 37.9 Å². The number of imide groups is 1. The third kappa shape index (κ3) is 1.67. The smallest absolute Gasteiger partial charge is 0.262 e. The fourth-order valence-electron chi connectivity index (χ4n) is 3.52. The second-order valence-electron chi connectivity index (χ2n) is 5.65. The molecule has 4 rings (SSSR count). The fourth-order valence-corrected chi connectivity index (χ4v) is 3.52. The molecule has 4 nitrogen and oxygen atoms in total. The number of rotatable bonds is 2. The lowest BCUT2D eigenvalue weighted by atomic mass is 10.1. The number of fused-ring (bicyclic) bond motifs is 2. The normalized spacial score (nSPS) is 22.9. The number of benzene rings is 2. The van der Waals surface area contributed by atoms with E-state index in [9.17, 15) is 9.59 Å². The Morgan fingerprint density at radius 2 is 1.55 bits per heavy atom. The first kappa shape index (κ1) is 13.2. The molecule has 22 heavy (non-hydrogen) atoms. The van der Waals surface area contributed by atoms with E-state index >= 15 is 0 Å². The molecule has 2 aliphatic rings. The lowest BCUT2D eigenvalue weighted by Crippen LogP contribution is -2.39. The van der Waals surface area contributed by atoms with Crippen LogP contribution in [0.5, 0.6) is 0 Å². The van der Waals surface area contributed by atoms with Gasteiger partial charge in [-0.15, -0.1) is 0 Å². The van der Waals surface area contributed by atoms with E-state index in [2.05, 4.69) is 0 Å². The van der Waals surface area contributed by atoms with Gasteiger partial charge in [-0.1, -0.05) is 36.4 Å². The van der Waals surface area contributed by atoms with Crippen molar-refractivity contribution in [3.63, 3.8) is 0 Å². The predicted molar refractivity (Wildman–Crippen MR) is 80.6 cm³/mol. The van der Waals surface area contributed by atoms with E-state index in [-0.39, 0.29) is 24.0 Å². The van der Waals surface area contributed by atoms with Gasteiger partial charge in [-0.2, -0.15) is 0 Å². The Hall–Kier alpha value is -2.46. The van der Waals surface area contributed by atoms with Crippen molar-refractivity contribution in [3.8, 4) is 0 Å². The van der Waals surface area contributed by atoms with Gasteiger partial charge in [0.05, 0.1) is 23.3 Å². The molecule has 0 fully saturated rings. The molecule has 0 radical (unpaired) electrons. The second kappa shape index (κ2) is 4.78. The van der Waals surface area contributed by atoms with Crippen molar-refractivity contribution in [1.82, 2.24) is 4.90 Å². The van der Waals surface area contributed by atoms with Crippen LogP contribution in [0.3, 0.4) is 0 Å². The number of methoxy groups -OCH3 is 1. The van der Waals surface area contributed by atoms with Gasteiger partial charge in [-0.05, 0) is 23.3 Å². The maximum absolute atomic E-state index is 12.7. The SMILES string of the molecule is CO[C@H]1Cc2ccccc2[C@H]1N1C(=O)c2ccccc2C1=O. The van der Waals surface area contributed by atoms with E-state index in [1.807, 2.05) is 24.3 Å². The minimum absolute atomic E-state index is 0.195. The predicted octanol–water partition coefficient (Wildman–Crippen LogP) is 2.60. The summed E-state index contributed by atoms with van der Waals surface area (Å²) in [6, 6.07) is 14.5. The molecule has 4 heteroatoms. The Morgan fingerprint density at radius 3 is 2.18 bits per heavy atom. The van der Waals surface area contributed by atoms with Crippen molar-refractivity contribution < 1.29 is 14.3 Å². The Bertz CT molecular complexity index is 748. The topological polar surface area (TPSA) is 46.6 Å². The molecule has 1 heterocycles. The highest BCUT2D eigenvalue weighted by Crippen LogP contribution is 2.41. The van der Waals surface area contributed by atoms with Crippen LogP contribution in [-0.2, 0) is 11.2 Å². The first-order valence-electron chi connectivity index (χ1n) is 7.30. The van der Waals surface area contributed by atoms with Crippen molar-refractivity contribution in [1.29, 1.82) is 0 Å². The molecule has 0 saturated carbocycles. The number of carbonyl (C=O) groups excluding carboxylic acids is 2. The van der Waals surface area contributed by atoms with Gasteiger partial charge in [0.1, 0.15) is 0 Å². The Kier molecular flexibility index (Phi) is 2.87. The third-order valence-electron chi connectivity index (χ3n) is 4.55. The average molecular weight is 293 g/mol. The summed E-state index contributed by atoms with van der Waals surface area (Å²) in [6.45, 7) is 0. The van der Waals surface area contributed by atoms with E-state index in [0.717, 1.165) is 11.1 Å². The van der Waals surface area contributed by atoms with E-state index in [4.69, 9.17) is 4.74 Å². The van der Waals surface area contributed by atoms with Gasteiger partial charge in [0.15, 0.2) is 0 Å². The standard InChI is InChI=1S/C18H15NO3/c1-22-15-10-11-6-2-3-7-12(11)16(15)19-17(20)13-8-4-5-9-14(13)18(19)21/h2-9,15-16H,10H2,1H3/t15-,16+/m0/s1. The van der Waals surface area contributed by atoms with Gasteiger partial charge in [0, 0.05) is 13.5 Å². The molecule has 1 aliphatic heterocycles. The first-order valence-corrected chi connectivity index (χ1v) is 7.30. The summed E-state index contributed by atoms with van der Waals surface area (Å²) in [5, 5.41) is 0. The van der Waals surface area contributed by atoms with Crippen LogP contribution in [0, 0.1) is 0 Å². The molecule has 2 aromatic rings. The monoisotopic (exact) mass is 293 g/mol. The maximum Gasteiger partial charge on any atom is 0.262 e. The lowest BCUT2D eigenvalue weighted by molar-refractivity contribution is 0.0228. The van der Waals surface area contributed by atoms with Crippen LogP contribution in [-0.4, -0.2) is 29.9 Å². The van der Waals surface area contributed by atoms with Gasteiger partial charge >= 0.3 is 0 Å². The van der Waals surface area contributed by atoms with Crippen LogP contribution in [0.15, 0.2) is 48.5 Å². The van der Waals surface area contributed by atoms with Gasteiger partial charge in [0.25, 0.3) is 11.8 Å². The molecular formula is C18H15NO3. The zero-order chi connectivity index (χ0) is 15.3. The molecule has 0 saturated heterocycles. The van der Waals surface area contributed by atoms with Crippen molar-refractivity contribution in [2.24, 2.45) is 0 Å². The molecule has 1 aliphatic carbocycles. The highest BCUT2D eigenvalue weighted by molar-refractivity contribution is 6.21. The van der Waals surface area contributed by atoms with Crippen molar-refractivity contribution >= 4 is 11.8 Å². The first-order chi connectivity index (χ1) is 10.7. The van der Waals surface area contributed by atoms with Gasteiger partial charge in [0.2, 0.25) is 0 Å². The van der Waals surface area contributed by atoms with E-state index in [0.29, 0.717) is 17.5 Å². The van der Waals surface area contributed by atoms with Crippen LogP contribution < -0.4 is 0 Å². The molecule has 2 atom stereocenters. The van der Waals surface area contributed by atoms with Gasteiger partial charge < -0.3 is 4.74 Å². The highest BCUT2D eigenvalue weighted by Gasteiger charge is 2.46. The third-order valence-corrected chi connectivity index (χ3v) is 4.55. The lowest BCUT2D eigenvalue weighted by Gasteiger charge is -2.27. The van der Waals surface area contributed by atoms with Gasteiger partial charge in [-0.25, -0.2) is 0 Å². The number of amides is 2. The molecule has 0 unspecified atom stereocenters.